The number of benzene rings is 1. The molecule has 1 aliphatic rings. The molecule has 0 saturated carbocycles. The number of nitrogens with zero attached hydrogens (tertiary/aromatic N) is 4. The molecule has 0 amide bonds. The van der Waals surface area contributed by atoms with Crippen LogP contribution in [0.2, 0.25) is 0 Å². The summed E-state index contributed by atoms with van der Waals surface area (Å²) in [6.07, 6.45) is 1.57. The van der Waals surface area contributed by atoms with Crippen molar-refractivity contribution in [2.24, 2.45) is 0 Å². The molecule has 5 rings (SSSR count). The van der Waals surface area contributed by atoms with Gasteiger partial charge in [0.05, 0.1) is 22.8 Å². The third-order valence-electron chi connectivity index (χ3n) is 5.19. The Kier molecular flexibility index (Phi) is 6.19. The Morgan fingerprint density at radius 3 is 2.70 bits per heavy atom. The molecule has 1 aromatic carbocycles. The number of nitrogens with one attached hydrogen (secondary N) is 2. The minimum atomic E-state index is -0.676. The first-order chi connectivity index (χ1) is 16.1. The minimum Gasteiger partial charge on any atom is -0.508 e. The molecule has 168 valence electrons. The molecule has 0 atom stereocenters. The Hall–Kier alpha value is -4.43. The average molecular weight is 450 g/mol. The zero-order valence-electron chi connectivity index (χ0n) is 17.2. The number of halogens is 1. The fraction of sp³-hybridized carbons (Fsp3) is 0.182. The van der Waals surface area contributed by atoms with Gasteiger partial charge in [0.1, 0.15) is 23.4 Å². The topological polar surface area (TPSA) is 151 Å². The molecule has 0 radical (unpaired) electrons. The minimum absolute atomic E-state index is 0.107. The van der Waals surface area contributed by atoms with E-state index in [-0.39, 0.29) is 29.0 Å². The molecule has 3 aromatic heterocycles. The van der Waals surface area contributed by atoms with Crippen LogP contribution in [0.1, 0.15) is 5.56 Å². The van der Waals surface area contributed by atoms with Crippen molar-refractivity contribution in [3.05, 3.63) is 47.9 Å². The Balaban J connectivity index is 0.000000821. The number of aromatic hydroxyl groups is 1. The van der Waals surface area contributed by atoms with Crippen LogP contribution in [0, 0.1) is 17.1 Å². The molecule has 11 heteroatoms. The average Bonchev–Trinajstić information content (AvgIpc) is 3.49. The summed E-state index contributed by atoms with van der Waals surface area (Å²) in [6, 6.07) is 9.57. The molecular formula is C22H19FN6O4. The molecule has 0 aliphatic carbocycles. The van der Waals surface area contributed by atoms with Crippen molar-refractivity contribution in [3.8, 4) is 34.4 Å². The van der Waals surface area contributed by atoms with Gasteiger partial charge < -0.3 is 24.8 Å². The molecule has 1 fully saturated rings. The summed E-state index contributed by atoms with van der Waals surface area (Å²) >= 11 is 0. The summed E-state index contributed by atoms with van der Waals surface area (Å²) in [7, 11) is 0. The van der Waals surface area contributed by atoms with Crippen LogP contribution >= 0.6 is 0 Å². The predicted molar refractivity (Wildman–Crippen MR) is 117 cm³/mol. The number of fused-ring (bicyclic) bond motifs is 1. The maximum absolute atomic E-state index is 14.6. The van der Waals surface area contributed by atoms with Crippen molar-refractivity contribution in [2.45, 2.75) is 0 Å². The maximum Gasteiger partial charge on any atom is 0.290 e. The molecule has 10 nitrogen and oxygen atoms in total. The number of anilines is 1. The van der Waals surface area contributed by atoms with Crippen LogP contribution in [0.3, 0.4) is 0 Å². The first-order valence-corrected chi connectivity index (χ1v) is 9.97. The summed E-state index contributed by atoms with van der Waals surface area (Å²) in [4.78, 5) is 14.9. The summed E-state index contributed by atoms with van der Waals surface area (Å²) in [5, 5.41) is 37.1. The molecule has 4 N–H and O–H groups in total. The van der Waals surface area contributed by atoms with Crippen LogP contribution in [-0.2, 0) is 4.79 Å². The number of phenolic OH excluding ortho intramolecular Hbond substituents is 1. The van der Waals surface area contributed by atoms with Gasteiger partial charge in [-0.25, -0.2) is 9.37 Å². The van der Waals surface area contributed by atoms with Crippen molar-refractivity contribution in [3.63, 3.8) is 0 Å². The molecular weight excluding hydrogens is 431 g/mol. The molecule has 0 spiro atoms. The van der Waals surface area contributed by atoms with E-state index in [1.165, 1.54) is 12.1 Å². The zero-order valence-corrected chi connectivity index (χ0v) is 17.2. The van der Waals surface area contributed by atoms with Gasteiger partial charge in [0, 0.05) is 49.4 Å². The number of rotatable bonds is 3. The smallest absolute Gasteiger partial charge is 0.290 e. The number of furan rings is 1. The SMILES string of the molecule is N#Cc1c(-c2ccc(O)cc2F)nc2[nH]ncc2c1-c1ccc(N2CCNCC2)o1.O=CO. The highest BCUT2D eigenvalue weighted by atomic mass is 19.1. The van der Waals surface area contributed by atoms with E-state index < -0.39 is 5.82 Å². The van der Waals surface area contributed by atoms with E-state index in [9.17, 15) is 14.8 Å². The Morgan fingerprint density at radius 1 is 1.24 bits per heavy atom. The predicted octanol–water partition coefficient (Wildman–Crippen LogP) is 2.71. The van der Waals surface area contributed by atoms with E-state index in [0.717, 1.165) is 32.2 Å². The van der Waals surface area contributed by atoms with Gasteiger partial charge in [-0.2, -0.15) is 10.4 Å². The lowest BCUT2D eigenvalue weighted by atomic mass is 9.97. The zero-order chi connectivity index (χ0) is 23.4. The number of aromatic amines is 1. The third-order valence-corrected chi connectivity index (χ3v) is 5.19. The number of H-pyrrole nitrogens is 1. The van der Waals surface area contributed by atoms with E-state index in [1.54, 1.807) is 12.3 Å². The summed E-state index contributed by atoms with van der Waals surface area (Å²) < 4.78 is 20.7. The summed E-state index contributed by atoms with van der Waals surface area (Å²) in [6.45, 7) is 3.12. The highest BCUT2D eigenvalue weighted by molar-refractivity contribution is 5.98. The lowest BCUT2D eigenvalue weighted by Gasteiger charge is -2.26. The lowest BCUT2D eigenvalue weighted by molar-refractivity contribution is -0.122. The van der Waals surface area contributed by atoms with E-state index in [4.69, 9.17) is 14.3 Å². The normalized spacial score (nSPS) is 13.3. The summed E-state index contributed by atoms with van der Waals surface area (Å²) in [5.74, 6) is 0.310. The summed E-state index contributed by atoms with van der Waals surface area (Å²) in [5.41, 5.74) is 1.35. The van der Waals surface area contributed by atoms with E-state index in [1.807, 2.05) is 6.07 Å². The number of piperazine rings is 1. The molecule has 0 bridgehead atoms. The molecule has 4 aromatic rings. The Bertz CT molecular complexity index is 1340. The first kappa shape index (κ1) is 21.8. The standard InChI is InChI=1S/C21H17FN6O2.CH2O2/c22-16-9-12(29)1-2-13(16)20-14(10-23)19(15-11-25-27-21(15)26-20)17-3-4-18(30-17)28-7-5-24-6-8-28;2-1-3/h1-4,9,11,24,29H,5-8H2,(H,25,26,27);1H,(H,2,3). The lowest BCUT2D eigenvalue weighted by Crippen LogP contribution is -2.43. The number of hydrogen-bond acceptors (Lipinski definition) is 8. The number of carbonyl (C=O) groups is 1. The second-order valence-corrected chi connectivity index (χ2v) is 7.10. The third kappa shape index (κ3) is 4.19. The van der Waals surface area contributed by atoms with Crippen molar-refractivity contribution >= 4 is 23.4 Å². The second-order valence-electron chi connectivity index (χ2n) is 7.10. The Morgan fingerprint density at radius 2 is 2.00 bits per heavy atom. The van der Waals surface area contributed by atoms with Crippen LogP contribution in [0.15, 0.2) is 40.9 Å². The van der Waals surface area contributed by atoms with Gasteiger partial charge in [-0.3, -0.25) is 9.89 Å². The van der Waals surface area contributed by atoms with Crippen molar-refractivity contribution in [1.29, 1.82) is 5.26 Å². The highest BCUT2D eigenvalue weighted by Gasteiger charge is 2.24. The Labute approximate surface area is 186 Å². The van der Waals surface area contributed by atoms with Crippen LogP contribution in [0.25, 0.3) is 33.6 Å². The quantitative estimate of drug-likeness (QED) is 0.345. The molecule has 1 saturated heterocycles. The number of nitriles is 1. The van der Waals surface area contributed by atoms with Gasteiger partial charge in [-0.15, -0.1) is 0 Å². The van der Waals surface area contributed by atoms with Gasteiger partial charge in [0.25, 0.3) is 6.47 Å². The van der Waals surface area contributed by atoms with Gasteiger partial charge in [-0.1, -0.05) is 0 Å². The van der Waals surface area contributed by atoms with Gasteiger partial charge in [0.2, 0.25) is 0 Å². The van der Waals surface area contributed by atoms with E-state index in [0.29, 0.717) is 28.2 Å². The monoisotopic (exact) mass is 450 g/mol. The van der Waals surface area contributed by atoms with Gasteiger partial charge in [-0.05, 0) is 18.2 Å². The van der Waals surface area contributed by atoms with Gasteiger partial charge >= 0.3 is 0 Å². The fourth-order valence-corrected chi connectivity index (χ4v) is 3.74. The molecule has 4 heterocycles. The first-order valence-electron chi connectivity index (χ1n) is 9.97. The van der Waals surface area contributed by atoms with Gasteiger partial charge in [0.15, 0.2) is 11.5 Å². The molecule has 33 heavy (non-hydrogen) atoms. The van der Waals surface area contributed by atoms with Crippen molar-refractivity contribution < 1.29 is 23.8 Å². The number of aromatic nitrogens is 3. The largest absolute Gasteiger partial charge is 0.508 e. The number of hydrogen-bond donors (Lipinski definition) is 4. The highest BCUT2D eigenvalue weighted by Crippen LogP contribution is 2.39. The van der Waals surface area contributed by atoms with Crippen LogP contribution in [-0.4, -0.2) is 58.0 Å². The molecule has 0 unspecified atom stereocenters. The van der Waals surface area contributed by atoms with Crippen LogP contribution in [0.5, 0.6) is 5.75 Å². The number of carboxylic acid groups (broad SMARTS) is 1. The maximum atomic E-state index is 14.6. The molecule has 1 aliphatic heterocycles. The van der Waals surface area contributed by atoms with Crippen LogP contribution < -0.4 is 10.2 Å². The van der Waals surface area contributed by atoms with Crippen LogP contribution in [0.4, 0.5) is 10.3 Å². The van der Waals surface area contributed by atoms with Crippen molar-refractivity contribution in [2.75, 3.05) is 31.1 Å². The van der Waals surface area contributed by atoms with E-state index >= 15 is 0 Å². The van der Waals surface area contributed by atoms with E-state index in [2.05, 4.69) is 31.5 Å². The number of pyridine rings is 1. The number of phenols is 1. The van der Waals surface area contributed by atoms with Crippen molar-refractivity contribution in [1.82, 2.24) is 20.5 Å². The fourth-order valence-electron chi connectivity index (χ4n) is 3.74. The second kappa shape index (κ2) is 9.37.